The van der Waals surface area contributed by atoms with Crippen LogP contribution in [0.1, 0.15) is 35.8 Å². The zero-order chi connectivity index (χ0) is 20.4. The third-order valence-electron chi connectivity index (χ3n) is 5.59. The first-order valence-electron chi connectivity index (χ1n) is 9.95. The van der Waals surface area contributed by atoms with E-state index < -0.39 is 0 Å². The highest BCUT2D eigenvalue weighted by atomic mass is 19.1. The first kappa shape index (κ1) is 19.2. The Bertz CT molecular complexity index is 1010. The standard InChI is InChI=1S/C22H24FN3O3/c1-2-26-18-9-12-29-20(18)13-19(26)22(28)25-10-7-16(8-11-25)21(27)24-14-15-3-5-17(23)6-4-15/h3-6,9,12-13,16H,2,7-8,10-11,14H2,1H3,(H,24,27). The minimum Gasteiger partial charge on any atom is -0.463 e. The minimum absolute atomic E-state index is 0.0177. The largest absolute Gasteiger partial charge is 0.463 e. The molecule has 0 spiro atoms. The second-order valence-electron chi connectivity index (χ2n) is 7.35. The lowest BCUT2D eigenvalue weighted by Gasteiger charge is -2.31. The molecular formula is C22H24FN3O3. The van der Waals surface area contributed by atoms with E-state index in [1.165, 1.54) is 12.1 Å². The van der Waals surface area contributed by atoms with Gasteiger partial charge in [0.15, 0.2) is 5.58 Å². The highest BCUT2D eigenvalue weighted by Gasteiger charge is 2.29. The number of carbonyl (C=O) groups excluding carboxylic acids is 2. The summed E-state index contributed by atoms with van der Waals surface area (Å²) < 4.78 is 20.4. The molecule has 0 unspecified atom stereocenters. The van der Waals surface area contributed by atoms with Crippen molar-refractivity contribution in [3.63, 3.8) is 0 Å². The Labute approximate surface area is 168 Å². The number of halogens is 1. The molecule has 2 aromatic heterocycles. The van der Waals surface area contributed by atoms with Crippen molar-refractivity contribution in [2.45, 2.75) is 32.9 Å². The van der Waals surface area contributed by atoms with Gasteiger partial charge in [0.2, 0.25) is 5.91 Å². The summed E-state index contributed by atoms with van der Waals surface area (Å²) in [7, 11) is 0. The zero-order valence-corrected chi connectivity index (χ0v) is 16.4. The number of nitrogens with one attached hydrogen (secondary N) is 1. The first-order chi connectivity index (χ1) is 14.1. The number of hydrogen-bond acceptors (Lipinski definition) is 3. The van der Waals surface area contributed by atoms with Crippen molar-refractivity contribution in [3.8, 4) is 0 Å². The Balaban J connectivity index is 1.33. The summed E-state index contributed by atoms with van der Waals surface area (Å²) in [5, 5.41) is 2.92. The maximum absolute atomic E-state index is 13.0. The molecule has 152 valence electrons. The lowest BCUT2D eigenvalue weighted by atomic mass is 9.95. The SMILES string of the molecule is CCn1c(C(=O)N2CCC(C(=O)NCc3ccc(F)cc3)CC2)cc2occc21. The highest BCUT2D eigenvalue weighted by Crippen LogP contribution is 2.24. The summed E-state index contributed by atoms with van der Waals surface area (Å²) in [6.07, 6.45) is 2.88. The van der Waals surface area contributed by atoms with Crippen LogP contribution in [0.5, 0.6) is 0 Å². The van der Waals surface area contributed by atoms with Gasteiger partial charge in [-0.25, -0.2) is 4.39 Å². The summed E-state index contributed by atoms with van der Waals surface area (Å²) >= 11 is 0. The van der Waals surface area contributed by atoms with Gasteiger partial charge < -0.3 is 19.2 Å². The van der Waals surface area contributed by atoms with Crippen LogP contribution in [0.25, 0.3) is 11.1 Å². The number of amides is 2. The van der Waals surface area contributed by atoms with Gasteiger partial charge in [-0.05, 0) is 37.5 Å². The summed E-state index contributed by atoms with van der Waals surface area (Å²) in [4.78, 5) is 27.3. The fourth-order valence-corrected chi connectivity index (χ4v) is 3.94. The molecule has 0 aliphatic carbocycles. The van der Waals surface area contributed by atoms with Crippen LogP contribution in [0.2, 0.25) is 0 Å². The van der Waals surface area contributed by atoms with Crippen LogP contribution in [0.15, 0.2) is 47.1 Å². The molecule has 0 saturated carbocycles. The van der Waals surface area contributed by atoms with Crippen molar-refractivity contribution < 1.29 is 18.4 Å². The third-order valence-corrected chi connectivity index (χ3v) is 5.59. The number of rotatable bonds is 5. The molecule has 3 heterocycles. The number of piperidine rings is 1. The summed E-state index contributed by atoms with van der Waals surface area (Å²) in [5.74, 6) is -0.452. The molecular weight excluding hydrogens is 373 g/mol. The van der Waals surface area contributed by atoms with Crippen LogP contribution in [-0.4, -0.2) is 34.4 Å². The van der Waals surface area contributed by atoms with Crippen LogP contribution >= 0.6 is 0 Å². The van der Waals surface area contributed by atoms with E-state index in [2.05, 4.69) is 5.32 Å². The molecule has 6 nitrogen and oxygen atoms in total. The van der Waals surface area contributed by atoms with E-state index in [9.17, 15) is 14.0 Å². The summed E-state index contributed by atoms with van der Waals surface area (Å²) in [5.41, 5.74) is 3.12. The van der Waals surface area contributed by atoms with Crippen LogP contribution in [0.3, 0.4) is 0 Å². The topological polar surface area (TPSA) is 67.5 Å². The lowest BCUT2D eigenvalue weighted by Crippen LogP contribution is -2.43. The third kappa shape index (κ3) is 3.90. The minimum atomic E-state index is -0.292. The molecule has 1 saturated heterocycles. The number of nitrogens with zero attached hydrogens (tertiary/aromatic N) is 2. The molecule has 7 heteroatoms. The summed E-state index contributed by atoms with van der Waals surface area (Å²) in [6.45, 7) is 4.15. The van der Waals surface area contributed by atoms with Gasteiger partial charge in [-0.1, -0.05) is 12.1 Å². The van der Waals surface area contributed by atoms with E-state index in [1.54, 1.807) is 24.5 Å². The van der Waals surface area contributed by atoms with Crippen LogP contribution < -0.4 is 5.32 Å². The molecule has 1 N–H and O–H groups in total. The Kier molecular flexibility index (Phi) is 5.38. The van der Waals surface area contributed by atoms with E-state index in [0.717, 1.165) is 11.1 Å². The monoisotopic (exact) mass is 397 g/mol. The predicted octanol–water partition coefficient (Wildman–Crippen LogP) is 3.56. The normalized spacial score (nSPS) is 15.0. The number of furan rings is 1. The molecule has 0 atom stereocenters. The second-order valence-corrected chi connectivity index (χ2v) is 7.35. The number of hydrogen-bond donors (Lipinski definition) is 1. The molecule has 1 fully saturated rings. The van der Waals surface area contributed by atoms with Gasteiger partial charge in [-0.2, -0.15) is 0 Å². The maximum Gasteiger partial charge on any atom is 0.270 e. The van der Waals surface area contributed by atoms with Crippen molar-refractivity contribution >= 4 is 22.9 Å². The Morgan fingerprint density at radius 3 is 2.59 bits per heavy atom. The molecule has 0 radical (unpaired) electrons. The molecule has 0 bridgehead atoms. The van der Waals surface area contributed by atoms with Gasteiger partial charge in [0.1, 0.15) is 11.5 Å². The van der Waals surface area contributed by atoms with Gasteiger partial charge in [0, 0.05) is 44.2 Å². The molecule has 29 heavy (non-hydrogen) atoms. The van der Waals surface area contributed by atoms with Gasteiger partial charge in [0.05, 0.1) is 11.8 Å². The van der Waals surface area contributed by atoms with Crippen molar-refractivity contribution in [3.05, 3.63) is 59.7 Å². The maximum atomic E-state index is 13.0. The molecule has 1 aliphatic heterocycles. The Morgan fingerprint density at radius 1 is 1.17 bits per heavy atom. The van der Waals surface area contributed by atoms with E-state index in [0.29, 0.717) is 50.3 Å². The smallest absolute Gasteiger partial charge is 0.270 e. The molecule has 1 aromatic carbocycles. The second kappa shape index (κ2) is 8.11. The molecule has 4 rings (SSSR count). The molecule has 2 amide bonds. The number of aromatic nitrogens is 1. The number of aryl methyl sites for hydroxylation is 1. The van der Waals surface area contributed by atoms with Crippen molar-refractivity contribution in [1.82, 2.24) is 14.8 Å². The van der Waals surface area contributed by atoms with Crippen molar-refractivity contribution in [2.75, 3.05) is 13.1 Å². The van der Waals surface area contributed by atoms with Crippen molar-refractivity contribution in [1.29, 1.82) is 0 Å². The average molecular weight is 397 g/mol. The lowest BCUT2D eigenvalue weighted by molar-refractivity contribution is -0.126. The number of fused-ring (bicyclic) bond motifs is 1. The quantitative estimate of drug-likeness (QED) is 0.716. The number of benzene rings is 1. The highest BCUT2D eigenvalue weighted by molar-refractivity contribution is 5.97. The van der Waals surface area contributed by atoms with Crippen LogP contribution in [0.4, 0.5) is 4.39 Å². The fraction of sp³-hybridized carbons (Fsp3) is 0.364. The predicted molar refractivity (Wildman–Crippen MR) is 107 cm³/mol. The van der Waals surface area contributed by atoms with Gasteiger partial charge in [0.25, 0.3) is 5.91 Å². The van der Waals surface area contributed by atoms with Crippen LogP contribution in [-0.2, 0) is 17.9 Å². The van der Waals surface area contributed by atoms with Gasteiger partial charge >= 0.3 is 0 Å². The fourth-order valence-electron chi connectivity index (χ4n) is 3.94. The number of likely N-dealkylation sites (tertiary alicyclic amines) is 1. The zero-order valence-electron chi connectivity index (χ0n) is 16.4. The van der Waals surface area contributed by atoms with E-state index in [-0.39, 0.29) is 23.5 Å². The van der Waals surface area contributed by atoms with Crippen LogP contribution in [0, 0.1) is 11.7 Å². The van der Waals surface area contributed by atoms with E-state index in [4.69, 9.17) is 4.42 Å². The van der Waals surface area contributed by atoms with Crippen molar-refractivity contribution in [2.24, 2.45) is 5.92 Å². The van der Waals surface area contributed by atoms with E-state index in [1.807, 2.05) is 22.5 Å². The molecule has 1 aliphatic rings. The van der Waals surface area contributed by atoms with Gasteiger partial charge in [-0.15, -0.1) is 0 Å². The summed E-state index contributed by atoms with van der Waals surface area (Å²) in [6, 6.07) is 9.75. The molecule has 3 aromatic rings. The Morgan fingerprint density at radius 2 is 1.90 bits per heavy atom. The first-order valence-corrected chi connectivity index (χ1v) is 9.95. The average Bonchev–Trinajstić information content (AvgIpc) is 3.34. The Hall–Kier alpha value is -3.09. The van der Waals surface area contributed by atoms with Gasteiger partial charge in [-0.3, -0.25) is 9.59 Å². The number of carbonyl (C=O) groups is 2. The van der Waals surface area contributed by atoms with E-state index >= 15 is 0 Å².